The van der Waals surface area contributed by atoms with Crippen LogP contribution in [0.2, 0.25) is 0 Å². The summed E-state index contributed by atoms with van der Waals surface area (Å²) in [5, 5.41) is 14.7. The summed E-state index contributed by atoms with van der Waals surface area (Å²) in [5.41, 5.74) is 4.70. The van der Waals surface area contributed by atoms with Gasteiger partial charge in [0.25, 0.3) is 0 Å². The van der Waals surface area contributed by atoms with Crippen molar-refractivity contribution in [2.24, 2.45) is 11.8 Å². The normalized spacial score (nSPS) is 14.8. The Labute approximate surface area is 207 Å². The summed E-state index contributed by atoms with van der Waals surface area (Å²) >= 11 is 0. The molecule has 1 aliphatic carbocycles. The Balaban J connectivity index is 1.37. The number of benzene rings is 2. The SMILES string of the molecule is CC(CCCC(C)C(=O)O)NC(=O)C(C)CCNC(=O)OCC1c2ccccc2-c2ccccc21. The molecule has 0 spiro atoms. The number of carboxylic acid groups (broad SMARTS) is 1. The molecule has 0 aliphatic heterocycles. The molecule has 0 radical (unpaired) electrons. The zero-order valence-electron chi connectivity index (χ0n) is 20.8. The second-order valence-electron chi connectivity index (χ2n) is 9.52. The first-order chi connectivity index (χ1) is 16.8. The number of ether oxygens (including phenoxy) is 1. The van der Waals surface area contributed by atoms with Crippen LogP contribution >= 0.6 is 0 Å². The fourth-order valence-electron chi connectivity index (χ4n) is 4.48. The van der Waals surface area contributed by atoms with Crippen molar-refractivity contribution in [3.8, 4) is 11.1 Å². The number of rotatable bonds is 12. The number of hydrogen-bond acceptors (Lipinski definition) is 4. The van der Waals surface area contributed by atoms with Crippen molar-refractivity contribution < 1.29 is 24.2 Å². The Bertz CT molecular complexity index is 992. The van der Waals surface area contributed by atoms with Crippen molar-refractivity contribution in [1.82, 2.24) is 10.6 Å². The Hall–Kier alpha value is -3.35. The lowest BCUT2D eigenvalue weighted by Gasteiger charge is -2.18. The van der Waals surface area contributed by atoms with Crippen LogP contribution in [0.1, 0.15) is 63.5 Å². The van der Waals surface area contributed by atoms with E-state index in [9.17, 15) is 14.4 Å². The van der Waals surface area contributed by atoms with Crippen LogP contribution in [0.15, 0.2) is 48.5 Å². The van der Waals surface area contributed by atoms with E-state index in [-0.39, 0.29) is 36.3 Å². The largest absolute Gasteiger partial charge is 0.481 e. The number of aliphatic carboxylic acids is 1. The lowest BCUT2D eigenvalue weighted by molar-refractivity contribution is -0.141. The molecule has 0 saturated carbocycles. The third kappa shape index (κ3) is 7.07. The van der Waals surface area contributed by atoms with Gasteiger partial charge in [0, 0.05) is 24.4 Å². The number of amides is 2. The van der Waals surface area contributed by atoms with Crippen LogP contribution in [-0.2, 0) is 14.3 Å². The predicted molar refractivity (Wildman–Crippen MR) is 135 cm³/mol. The van der Waals surface area contributed by atoms with Gasteiger partial charge in [-0.25, -0.2) is 4.79 Å². The highest BCUT2D eigenvalue weighted by Gasteiger charge is 2.29. The molecule has 0 heterocycles. The minimum atomic E-state index is -0.792. The summed E-state index contributed by atoms with van der Waals surface area (Å²) in [5.74, 6) is -1.49. The van der Waals surface area contributed by atoms with Crippen LogP contribution in [-0.4, -0.2) is 42.3 Å². The first kappa shape index (κ1) is 26.3. The third-order valence-corrected chi connectivity index (χ3v) is 6.72. The van der Waals surface area contributed by atoms with Crippen LogP contribution in [0.3, 0.4) is 0 Å². The van der Waals surface area contributed by atoms with Crippen molar-refractivity contribution in [3.63, 3.8) is 0 Å². The molecule has 3 rings (SSSR count). The van der Waals surface area contributed by atoms with Gasteiger partial charge in [0.1, 0.15) is 6.61 Å². The van der Waals surface area contributed by atoms with Gasteiger partial charge in [0.15, 0.2) is 0 Å². The minimum Gasteiger partial charge on any atom is -0.481 e. The Morgan fingerprint density at radius 3 is 2.09 bits per heavy atom. The van der Waals surface area contributed by atoms with Crippen LogP contribution < -0.4 is 10.6 Å². The maximum atomic E-state index is 12.4. The molecule has 3 unspecified atom stereocenters. The van der Waals surface area contributed by atoms with E-state index in [1.807, 2.05) is 38.1 Å². The van der Waals surface area contributed by atoms with E-state index in [2.05, 4.69) is 34.9 Å². The summed E-state index contributed by atoms with van der Waals surface area (Å²) in [6, 6.07) is 16.4. The third-order valence-electron chi connectivity index (χ3n) is 6.72. The zero-order chi connectivity index (χ0) is 25.4. The molecular formula is C28H36N2O5. The van der Waals surface area contributed by atoms with Gasteiger partial charge in [0.05, 0.1) is 5.92 Å². The van der Waals surface area contributed by atoms with Crippen LogP contribution in [0.25, 0.3) is 11.1 Å². The van der Waals surface area contributed by atoms with E-state index in [0.717, 1.165) is 12.8 Å². The summed E-state index contributed by atoms with van der Waals surface area (Å²) in [4.78, 5) is 35.6. The fraction of sp³-hybridized carbons (Fsp3) is 0.464. The van der Waals surface area contributed by atoms with Gasteiger partial charge in [0.2, 0.25) is 5.91 Å². The molecule has 3 atom stereocenters. The van der Waals surface area contributed by atoms with Crippen LogP contribution in [0, 0.1) is 11.8 Å². The number of hydrogen-bond donors (Lipinski definition) is 3. The Morgan fingerprint density at radius 1 is 0.886 bits per heavy atom. The molecule has 2 amide bonds. The molecule has 3 N–H and O–H groups in total. The highest BCUT2D eigenvalue weighted by atomic mass is 16.5. The van der Waals surface area contributed by atoms with Gasteiger partial charge in [-0.15, -0.1) is 0 Å². The summed E-state index contributed by atoms with van der Waals surface area (Å²) in [6.07, 6.45) is 2.08. The molecular weight excluding hydrogens is 444 g/mol. The van der Waals surface area contributed by atoms with Gasteiger partial charge in [-0.1, -0.05) is 68.8 Å². The van der Waals surface area contributed by atoms with Crippen molar-refractivity contribution in [3.05, 3.63) is 59.7 Å². The molecule has 7 nitrogen and oxygen atoms in total. The van der Waals surface area contributed by atoms with Crippen LogP contribution in [0.5, 0.6) is 0 Å². The van der Waals surface area contributed by atoms with E-state index in [4.69, 9.17) is 9.84 Å². The molecule has 35 heavy (non-hydrogen) atoms. The maximum absolute atomic E-state index is 12.4. The van der Waals surface area contributed by atoms with Gasteiger partial charge in [-0.2, -0.15) is 0 Å². The fourth-order valence-corrected chi connectivity index (χ4v) is 4.48. The van der Waals surface area contributed by atoms with E-state index in [1.165, 1.54) is 22.3 Å². The van der Waals surface area contributed by atoms with E-state index >= 15 is 0 Å². The number of carboxylic acids is 1. The number of carbonyl (C=O) groups is 3. The quantitative estimate of drug-likeness (QED) is 0.399. The molecule has 7 heteroatoms. The molecule has 2 aromatic carbocycles. The minimum absolute atomic E-state index is 0.0119. The van der Waals surface area contributed by atoms with Gasteiger partial charge in [-0.3, -0.25) is 9.59 Å². The van der Waals surface area contributed by atoms with Crippen molar-refractivity contribution in [2.45, 2.75) is 58.4 Å². The zero-order valence-corrected chi connectivity index (χ0v) is 20.8. The second-order valence-corrected chi connectivity index (χ2v) is 9.52. The summed E-state index contributed by atoms with van der Waals surface area (Å²) in [6.45, 7) is 6.04. The predicted octanol–water partition coefficient (Wildman–Crippen LogP) is 4.95. The van der Waals surface area contributed by atoms with Crippen molar-refractivity contribution >= 4 is 18.0 Å². The number of nitrogens with one attached hydrogen (secondary N) is 2. The molecule has 0 aromatic heterocycles. The lowest BCUT2D eigenvalue weighted by Crippen LogP contribution is -2.38. The Morgan fingerprint density at radius 2 is 1.49 bits per heavy atom. The molecule has 188 valence electrons. The highest BCUT2D eigenvalue weighted by molar-refractivity contribution is 5.79. The molecule has 0 bridgehead atoms. The number of fused-ring (bicyclic) bond motifs is 3. The monoisotopic (exact) mass is 480 g/mol. The average Bonchev–Trinajstić information content (AvgIpc) is 3.16. The second kappa shape index (κ2) is 12.4. The van der Waals surface area contributed by atoms with E-state index < -0.39 is 12.1 Å². The van der Waals surface area contributed by atoms with Crippen molar-refractivity contribution in [1.29, 1.82) is 0 Å². The summed E-state index contributed by atoms with van der Waals surface area (Å²) in [7, 11) is 0. The summed E-state index contributed by atoms with van der Waals surface area (Å²) < 4.78 is 5.53. The maximum Gasteiger partial charge on any atom is 0.407 e. The van der Waals surface area contributed by atoms with Crippen LogP contribution in [0.4, 0.5) is 4.79 Å². The first-order valence-corrected chi connectivity index (χ1v) is 12.4. The van der Waals surface area contributed by atoms with Crippen molar-refractivity contribution in [2.75, 3.05) is 13.2 Å². The molecule has 2 aromatic rings. The van der Waals surface area contributed by atoms with Gasteiger partial charge in [-0.05, 0) is 48.4 Å². The number of alkyl carbamates (subject to hydrolysis) is 1. The lowest BCUT2D eigenvalue weighted by atomic mass is 9.98. The highest BCUT2D eigenvalue weighted by Crippen LogP contribution is 2.44. The topological polar surface area (TPSA) is 105 Å². The Kier molecular flexibility index (Phi) is 9.29. The first-order valence-electron chi connectivity index (χ1n) is 12.4. The smallest absolute Gasteiger partial charge is 0.407 e. The van der Waals surface area contributed by atoms with E-state index in [0.29, 0.717) is 19.4 Å². The van der Waals surface area contributed by atoms with Gasteiger partial charge >= 0.3 is 12.1 Å². The standard InChI is InChI=1S/C28H36N2O5/c1-18(26(31)30-20(3)10-8-9-19(2)27(32)33)15-16-29-28(34)35-17-25-23-13-6-4-11-21(23)22-12-5-7-14-24(22)25/h4-7,11-14,18-20,25H,8-10,15-17H2,1-3H3,(H,29,34)(H,30,31)(H,32,33). The van der Waals surface area contributed by atoms with E-state index in [1.54, 1.807) is 6.92 Å². The molecule has 0 fully saturated rings. The van der Waals surface area contributed by atoms with Gasteiger partial charge < -0.3 is 20.5 Å². The number of carbonyl (C=O) groups excluding carboxylic acids is 2. The molecule has 0 saturated heterocycles. The molecule has 1 aliphatic rings. The average molecular weight is 481 g/mol.